The average molecular weight is 397 g/mol. The van der Waals surface area contributed by atoms with Gasteiger partial charge in [-0.25, -0.2) is 4.79 Å². The summed E-state index contributed by atoms with van der Waals surface area (Å²) in [4.78, 5) is 14.4. The molecule has 2 aromatic rings. The number of rotatable bonds is 2. The summed E-state index contributed by atoms with van der Waals surface area (Å²) >= 11 is 0. The number of halogens is 3. The molecule has 1 fully saturated rings. The second-order valence-corrected chi connectivity index (χ2v) is 7.39. The Kier molecular flexibility index (Phi) is 4.54. The van der Waals surface area contributed by atoms with E-state index in [2.05, 4.69) is 25.2 Å². The summed E-state index contributed by atoms with van der Waals surface area (Å²) in [6.07, 6.45) is -0.875. The number of likely N-dealkylation sites (tertiary alicyclic amines) is 1. The molecule has 4 heterocycles. The topological polar surface area (TPSA) is 80.9 Å². The maximum absolute atomic E-state index is 13.0. The number of aryl methyl sites for hydroxylation is 2. The van der Waals surface area contributed by atoms with Gasteiger partial charge in [0.15, 0.2) is 5.69 Å². The van der Waals surface area contributed by atoms with Crippen LogP contribution in [0.5, 0.6) is 0 Å². The van der Waals surface area contributed by atoms with Crippen LogP contribution in [0.15, 0.2) is 0 Å². The molecule has 2 aliphatic heterocycles. The van der Waals surface area contributed by atoms with Crippen LogP contribution in [0.4, 0.5) is 23.8 Å². The van der Waals surface area contributed by atoms with Crippen LogP contribution in [0.25, 0.3) is 0 Å². The number of urea groups is 1. The van der Waals surface area contributed by atoms with E-state index in [1.807, 2.05) is 0 Å². The number of fused-ring (bicyclic) bond motifs is 1. The van der Waals surface area contributed by atoms with E-state index in [9.17, 15) is 18.0 Å². The van der Waals surface area contributed by atoms with Crippen LogP contribution in [-0.2, 0) is 26.2 Å². The summed E-state index contributed by atoms with van der Waals surface area (Å²) in [5, 5.41) is 14.7. The first-order chi connectivity index (χ1) is 13.3. The molecule has 0 aromatic carbocycles. The standard InChI is InChI=1S/C17H22F3N7O/c1-10-13(17(18,19)20)24-25(2)14(10)21-16(28)26-7-3-5-11(9-26)15-23-22-12-6-4-8-27(12)15/h11H,3-9H2,1-2H3,(H,21,28). The summed E-state index contributed by atoms with van der Waals surface area (Å²) in [6.45, 7) is 3.22. The van der Waals surface area contributed by atoms with Crippen molar-refractivity contribution < 1.29 is 18.0 Å². The largest absolute Gasteiger partial charge is 0.435 e. The number of carbonyl (C=O) groups excluding carboxylic acids is 1. The van der Waals surface area contributed by atoms with Crippen LogP contribution in [0.1, 0.15) is 48.1 Å². The second kappa shape index (κ2) is 6.78. The van der Waals surface area contributed by atoms with E-state index in [0.29, 0.717) is 13.1 Å². The van der Waals surface area contributed by atoms with Gasteiger partial charge in [0.05, 0.1) is 0 Å². The first-order valence-electron chi connectivity index (χ1n) is 9.34. The van der Waals surface area contributed by atoms with E-state index in [1.54, 1.807) is 4.90 Å². The van der Waals surface area contributed by atoms with Crippen molar-refractivity contribution in [1.82, 2.24) is 29.4 Å². The minimum absolute atomic E-state index is 0.0582. The zero-order valence-electron chi connectivity index (χ0n) is 15.8. The lowest BCUT2D eigenvalue weighted by molar-refractivity contribution is -0.141. The lowest BCUT2D eigenvalue weighted by atomic mass is 9.97. The highest BCUT2D eigenvalue weighted by Gasteiger charge is 2.38. The number of hydrogen-bond donors (Lipinski definition) is 1. The number of amides is 2. The molecule has 1 N–H and O–H groups in total. The van der Waals surface area contributed by atoms with E-state index in [4.69, 9.17) is 0 Å². The van der Waals surface area contributed by atoms with Crippen LogP contribution in [0, 0.1) is 6.92 Å². The number of nitrogens with zero attached hydrogens (tertiary/aromatic N) is 6. The van der Waals surface area contributed by atoms with Gasteiger partial charge < -0.3 is 9.47 Å². The van der Waals surface area contributed by atoms with Crippen molar-refractivity contribution in [2.75, 3.05) is 18.4 Å². The fourth-order valence-electron chi connectivity index (χ4n) is 4.10. The van der Waals surface area contributed by atoms with Gasteiger partial charge >= 0.3 is 12.2 Å². The maximum atomic E-state index is 13.0. The van der Waals surface area contributed by atoms with E-state index >= 15 is 0 Å². The molecule has 152 valence electrons. The second-order valence-electron chi connectivity index (χ2n) is 7.39. The Morgan fingerprint density at radius 2 is 2.00 bits per heavy atom. The van der Waals surface area contributed by atoms with Crippen molar-refractivity contribution in [2.45, 2.75) is 51.2 Å². The normalized spacial score (nSPS) is 19.8. The van der Waals surface area contributed by atoms with Gasteiger partial charge in [-0.3, -0.25) is 10.00 Å². The monoisotopic (exact) mass is 397 g/mol. The van der Waals surface area contributed by atoms with Crippen molar-refractivity contribution in [3.63, 3.8) is 0 Å². The molecule has 4 rings (SSSR count). The predicted octanol–water partition coefficient (Wildman–Crippen LogP) is 2.70. The number of anilines is 1. The third-order valence-corrected chi connectivity index (χ3v) is 5.49. The number of aromatic nitrogens is 5. The van der Waals surface area contributed by atoms with Gasteiger partial charge in [-0.15, -0.1) is 10.2 Å². The summed E-state index contributed by atoms with van der Waals surface area (Å²) < 4.78 is 42.3. The van der Waals surface area contributed by atoms with Crippen LogP contribution in [0.3, 0.4) is 0 Å². The molecule has 8 nitrogen and oxygen atoms in total. The van der Waals surface area contributed by atoms with E-state index in [1.165, 1.54) is 14.0 Å². The molecular weight excluding hydrogens is 375 g/mol. The van der Waals surface area contributed by atoms with Gasteiger partial charge in [0.2, 0.25) is 0 Å². The first-order valence-corrected chi connectivity index (χ1v) is 9.34. The molecule has 0 bridgehead atoms. The highest BCUT2D eigenvalue weighted by atomic mass is 19.4. The summed E-state index contributed by atoms with van der Waals surface area (Å²) in [6, 6.07) is -0.425. The van der Waals surface area contributed by atoms with E-state index < -0.39 is 17.9 Å². The molecule has 0 saturated carbocycles. The minimum Gasteiger partial charge on any atom is -0.324 e. The van der Waals surface area contributed by atoms with Crippen molar-refractivity contribution in [3.8, 4) is 0 Å². The molecule has 11 heteroatoms. The Bertz CT molecular complexity index is 901. The Hall–Kier alpha value is -2.59. The Balaban J connectivity index is 1.49. The van der Waals surface area contributed by atoms with Gasteiger partial charge in [0, 0.05) is 44.6 Å². The first kappa shape index (κ1) is 18.8. The zero-order chi connectivity index (χ0) is 20.1. The van der Waals surface area contributed by atoms with Crippen molar-refractivity contribution in [3.05, 3.63) is 22.9 Å². The number of hydrogen-bond acceptors (Lipinski definition) is 4. The number of piperidine rings is 1. The van der Waals surface area contributed by atoms with Crippen LogP contribution in [0.2, 0.25) is 0 Å². The van der Waals surface area contributed by atoms with Crippen LogP contribution < -0.4 is 5.32 Å². The van der Waals surface area contributed by atoms with Crippen LogP contribution >= 0.6 is 0 Å². The number of carbonyl (C=O) groups is 1. The maximum Gasteiger partial charge on any atom is 0.435 e. The molecule has 0 aliphatic carbocycles. The molecule has 0 spiro atoms. The number of alkyl halides is 3. The van der Waals surface area contributed by atoms with Gasteiger partial charge in [-0.1, -0.05) is 0 Å². The van der Waals surface area contributed by atoms with E-state index in [-0.39, 0.29) is 17.3 Å². The van der Waals surface area contributed by atoms with Crippen molar-refractivity contribution in [2.24, 2.45) is 7.05 Å². The molecule has 2 aliphatic rings. The Labute approximate surface area is 159 Å². The average Bonchev–Trinajstić information content (AvgIpc) is 3.32. The lowest BCUT2D eigenvalue weighted by Crippen LogP contribution is -2.42. The highest BCUT2D eigenvalue weighted by molar-refractivity contribution is 5.89. The summed E-state index contributed by atoms with van der Waals surface area (Å²) in [7, 11) is 1.39. The summed E-state index contributed by atoms with van der Waals surface area (Å²) in [5.41, 5.74) is -1.08. The molecule has 1 saturated heterocycles. The molecular formula is C17H22F3N7O. The fourth-order valence-corrected chi connectivity index (χ4v) is 4.10. The molecule has 28 heavy (non-hydrogen) atoms. The SMILES string of the molecule is Cc1c(C(F)(F)F)nn(C)c1NC(=O)N1CCCC(c2nnc3n2CCC3)C1. The summed E-state index contributed by atoms with van der Waals surface area (Å²) in [5.74, 6) is 2.03. The smallest absolute Gasteiger partial charge is 0.324 e. The van der Waals surface area contributed by atoms with Crippen molar-refractivity contribution in [1.29, 1.82) is 0 Å². The van der Waals surface area contributed by atoms with Crippen molar-refractivity contribution >= 4 is 11.8 Å². The van der Waals surface area contributed by atoms with Crippen LogP contribution in [-0.4, -0.2) is 48.6 Å². The lowest BCUT2D eigenvalue weighted by Gasteiger charge is -2.32. The fraction of sp³-hybridized carbons (Fsp3) is 0.647. The third-order valence-electron chi connectivity index (χ3n) is 5.49. The third kappa shape index (κ3) is 3.22. The molecule has 1 unspecified atom stereocenters. The predicted molar refractivity (Wildman–Crippen MR) is 93.9 cm³/mol. The molecule has 2 aromatic heterocycles. The minimum atomic E-state index is -4.56. The Morgan fingerprint density at radius 3 is 2.71 bits per heavy atom. The van der Waals surface area contributed by atoms with Gasteiger partial charge in [-0.05, 0) is 26.2 Å². The quantitative estimate of drug-likeness (QED) is 0.845. The zero-order valence-corrected chi connectivity index (χ0v) is 15.8. The van der Waals surface area contributed by atoms with Gasteiger partial charge in [0.25, 0.3) is 0 Å². The number of nitrogens with one attached hydrogen (secondary N) is 1. The molecule has 0 radical (unpaired) electrons. The Morgan fingerprint density at radius 1 is 1.21 bits per heavy atom. The van der Waals surface area contributed by atoms with Gasteiger partial charge in [0.1, 0.15) is 17.5 Å². The molecule has 2 amide bonds. The van der Waals surface area contributed by atoms with E-state index in [0.717, 1.165) is 48.6 Å². The van der Waals surface area contributed by atoms with Gasteiger partial charge in [-0.2, -0.15) is 18.3 Å². The highest BCUT2D eigenvalue weighted by Crippen LogP contribution is 2.34. The molecule has 1 atom stereocenters.